The maximum Gasteiger partial charge on any atom is 0.252 e. The van der Waals surface area contributed by atoms with Crippen LogP contribution in [0.2, 0.25) is 0 Å². The molecule has 2 aromatic carbocycles. The van der Waals surface area contributed by atoms with Gasteiger partial charge in [0, 0.05) is 5.69 Å². The molecule has 0 fully saturated rings. The van der Waals surface area contributed by atoms with E-state index in [9.17, 15) is 13.6 Å². The summed E-state index contributed by atoms with van der Waals surface area (Å²) in [6.45, 7) is 3.50. The standard InChI is InChI=1S/C12H8F2.C6H9N3O/c13-11-6-4-9(5-7-11)10-2-1-3-12(14)8-10;1-3-5(6(7)10)4(2)9-8-3/h1-8H;1-2H3,(H2,7,10)(H,8,9). The van der Waals surface area contributed by atoms with Crippen LogP contribution in [0.1, 0.15) is 21.7 Å². The van der Waals surface area contributed by atoms with Crippen molar-refractivity contribution in [1.82, 2.24) is 10.2 Å². The number of nitrogens with one attached hydrogen (secondary N) is 1. The number of hydrogen-bond acceptors (Lipinski definition) is 2. The fraction of sp³-hybridized carbons (Fsp3) is 0.111. The predicted octanol–water partition coefficient (Wildman–Crippen LogP) is 3.76. The first-order valence-corrected chi connectivity index (χ1v) is 7.21. The number of aromatic amines is 1. The van der Waals surface area contributed by atoms with Crippen molar-refractivity contribution in [3.05, 3.63) is 77.1 Å². The molecule has 124 valence electrons. The maximum absolute atomic E-state index is 12.9. The highest BCUT2D eigenvalue weighted by Gasteiger charge is 2.10. The van der Waals surface area contributed by atoms with Gasteiger partial charge in [0.25, 0.3) is 5.91 Å². The molecule has 1 aromatic heterocycles. The molecule has 0 aliphatic heterocycles. The molecule has 1 heterocycles. The van der Waals surface area contributed by atoms with Crippen molar-refractivity contribution in [3.8, 4) is 11.1 Å². The topological polar surface area (TPSA) is 71.8 Å². The van der Waals surface area contributed by atoms with Crippen molar-refractivity contribution >= 4 is 5.91 Å². The first-order chi connectivity index (χ1) is 11.4. The third-order valence-corrected chi connectivity index (χ3v) is 3.38. The summed E-state index contributed by atoms with van der Waals surface area (Å²) in [6, 6.07) is 12.2. The van der Waals surface area contributed by atoms with Crippen LogP contribution in [0.3, 0.4) is 0 Å². The minimum atomic E-state index is -0.427. The zero-order valence-corrected chi connectivity index (χ0v) is 13.3. The first kappa shape index (κ1) is 17.3. The summed E-state index contributed by atoms with van der Waals surface area (Å²) in [5, 5.41) is 6.48. The van der Waals surface area contributed by atoms with Crippen LogP contribution in [0.25, 0.3) is 11.1 Å². The summed E-state index contributed by atoms with van der Waals surface area (Å²) >= 11 is 0. The van der Waals surface area contributed by atoms with Gasteiger partial charge < -0.3 is 5.73 Å². The second-order valence-corrected chi connectivity index (χ2v) is 5.19. The molecular weight excluding hydrogens is 312 g/mol. The second kappa shape index (κ2) is 7.50. The summed E-state index contributed by atoms with van der Waals surface area (Å²) in [4.78, 5) is 10.7. The third kappa shape index (κ3) is 4.25. The summed E-state index contributed by atoms with van der Waals surface area (Å²) in [5.41, 5.74) is 8.51. The monoisotopic (exact) mass is 329 g/mol. The van der Waals surface area contributed by atoms with Crippen LogP contribution in [0.15, 0.2) is 48.5 Å². The summed E-state index contributed by atoms with van der Waals surface area (Å²) in [6.07, 6.45) is 0. The van der Waals surface area contributed by atoms with E-state index in [4.69, 9.17) is 5.73 Å². The van der Waals surface area contributed by atoms with Crippen molar-refractivity contribution in [2.45, 2.75) is 13.8 Å². The minimum Gasteiger partial charge on any atom is -0.365 e. The smallest absolute Gasteiger partial charge is 0.252 e. The van der Waals surface area contributed by atoms with Gasteiger partial charge in [0.05, 0.1) is 11.3 Å². The first-order valence-electron chi connectivity index (χ1n) is 7.21. The van der Waals surface area contributed by atoms with Gasteiger partial charge in [-0.2, -0.15) is 5.10 Å². The van der Waals surface area contributed by atoms with Crippen LogP contribution in [-0.2, 0) is 0 Å². The largest absolute Gasteiger partial charge is 0.365 e. The van der Waals surface area contributed by atoms with Crippen LogP contribution >= 0.6 is 0 Å². The molecule has 4 nitrogen and oxygen atoms in total. The number of nitrogens with zero attached hydrogens (tertiary/aromatic N) is 1. The lowest BCUT2D eigenvalue weighted by atomic mass is 10.1. The van der Waals surface area contributed by atoms with E-state index < -0.39 is 5.91 Å². The van der Waals surface area contributed by atoms with E-state index in [1.54, 1.807) is 38.1 Å². The molecule has 0 spiro atoms. The van der Waals surface area contributed by atoms with E-state index in [2.05, 4.69) is 10.2 Å². The van der Waals surface area contributed by atoms with E-state index in [1.807, 2.05) is 0 Å². The van der Waals surface area contributed by atoms with E-state index in [1.165, 1.54) is 24.3 Å². The van der Waals surface area contributed by atoms with Gasteiger partial charge in [-0.05, 0) is 49.2 Å². The molecular formula is C18H17F2N3O. The van der Waals surface area contributed by atoms with Gasteiger partial charge in [-0.15, -0.1) is 0 Å². The molecule has 3 rings (SSSR count). The van der Waals surface area contributed by atoms with Crippen LogP contribution in [0.5, 0.6) is 0 Å². The van der Waals surface area contributed by atoms with Gasteiger partial charge in [0.1, 0.15) is 11.6 Å². The van der Waals surface area contributed by atoms with Crippen molar-refractivity contribution in [1.29, 1.82) is 0 Å². The number of nitrogens with two attached hydrogens (primary N) is 1. The average molecular weight is 329 g/mol. The molecule has 0 atom stereocenters. The van der Waals surface area contributed by atoms with Gasteiger partial charge in [0.15, 0.2) is 0 Å². The number of benzene rings is 2. The molecule has 1 amide bonds. The third-order valence-electron chi connectivity index (χ3n) is 3.38. The summed E-state index contributed by atoms with van der Waals surface area (Å²) in [5.74, 6) is -0.999. The summed E-state index contributed by atoms with van der Waals surface area (Å²) < 4.78 is 25.5. The number of amides is 1. The van der Waals surface area contributed by atoms with Crippen LogP contribution < -0.4 is 5.73 Å². The van der Waals surface area contributed by atoms with Gasteiger partial charge in [-0.1, -0.05) is 24.3 Å². The Balaban J connectivity index is 0.000000185. The van der Waals surface area contributed by atoms with E-state index in [-0.39, 0.29) is 11.6 Å². The molecule has 3 aromatic rings. The fourth-order valence-electron chi connectivity index (χ4n) is 2.22. The van der Waals surface area contributed by atoms with Gasteiger partial charge in [-0.25, -0.2) is 8.78 Å². The molecule has 24 heavy (non-hydrogen) atoms. The van der Waals surface area contributed by atoms with Crippen molar-refractivity contribution < 1.29 is 13.6 Å². The quantitative estimate of drug-likeness (QED) is 0.751. The van der Waals surface area contributed by atoms with Gasteiger partial charge >= 0.3 is 0 Å². The lowest BCUT2D eigenvalue weighted by molar-refractivity contribution is 0.0999. The molecule has 0 aliphatic carbocycles. The Morgan fingerprint density at radius 3 is 2.12 bits per heavy atom. The van der Waals surface area contributed by atoms with Gasteiger partial charge in [0.2, 0.25) is 0 Å². The number of H-pyrrole nitrogens is 1. The molecule has 0 radical (unpaired) electrons. The number of hydrogen-bond donors (Lipinski definition) is 2. The molecule has 0 saturated heterocycles. The zero-order chi connectivity index (χ0) is 17.7. The molecule has 3 N–H and O–H groups in total. The molecule has 0 bridgehead atoms. The zero-order valence-electron chi connectivity index (χ0n) is 13.3. The predicted molar refractivity (Wildman–Crippen MR) is 88.4 cm³/mol. The van der Waals surface area contributed by atoms with E-state index in [0.717, 1.165) is 16.8 Å². The van der Waals surface area contributed by atoms with Crippen molar-refractivity contribution in [2.24, 2.45) is 5.73 Å². The fourth-order valence-corrected chi connectivity index (χ4v) is 2.22. The summed E-state index contributed by atoms with van der Waals surface area (Å²) in [7, 11) is 0. The maximum atomic E-state index is 12.9. The van der Waals surface area contributed by atoms with Gasteiger partial charge in [-0.3, -0.25) is 9.89 Å². The Bertz CT molecular complexity index is 822. The highest BCUT2D eigenvalue weighted by Crippen LogP contribution is 2.19. The normalized spacial score (nSPS) is 10.0. The molecule has 0 saturated carbocycles. The number of carbonyl (C=O) groups is 1. The van der Waals surface area contributed by atoms with Crippen LogP contribution in [0, 0.1) is 25.5 Å². The van der Waals surface area contributed by atoms with E-state index >= 15 is 0 Å². The molecule has 0 unspecified atom stereocenters. The number of halogens is 2. The number of aryl methyl sites for hydroxylation is 2. The van der Waals surface area contributed by atoms with Crippen molar-refractivity contribution in [2.75, 3.05) is 0 Å². The second-order valence-electron chi connectivity index (χ2n) is 5.19. The number of rotatable bonds is 2. The Morgan fingerprint density at radius 1 is 1.00 bits per heavy atom. The average Bonchev–Trinajstić information content (AvgIpc) is 2.87. The van der Waals surface area contributed by atoms with Crippen LogP contribution in [0.4, 0.5) is 8.78 Å². The Kier molecular flexibility index (Phi) is 5.42. The SMILES string of the molecule is Cc1n[nH]c(C)c1C(N)=O.Fc1ccc(-c2cccc(F)c2)cc1. The van der Waals surface area contributed by atoms with E-state index in [0.29, 0.717) is 11.3 Å². The highest BCUT2D eigenvalue weighted by atomic mass is 19.1. The lowest BCUT2D eigenvalue weighted by Crippen LogP contribution is -2.12. The van der Waals surface area contributed by atoms with Crippen molar-refractivity contribution in [3.63, 3.8) is 0 Å². The number of primary amides is 1. The highest BCUT2D eigenvalue weighted by molar-refractivity contribution is 5.94. The molecule has 6 heteroatoms. The Hall–Kier alpha value is -3.02. The van der Waals surface area contributed by atoms with Crippen LogP contribution in [-0.4, -0.2) is 16.1 Å². The molecule has 0 aliphatic rings. The minimum absolute atomic E-state index is 0.285. The Morgan fingerprint density at radius 2 is 1.67 bits per heavy atom. The Labute approximate surface area is 138 Å². The number of carbonyl (C=O) groups excluding carboxylic acids is 1. The lowest BCUT2D eigenvalue weighted by Gasteiger charge is -2.00. The number of aromatic nitrogens is 2.